The largest absolute Gasteiger partial charge is 0.496 e. The molecule has 2 heterocycles. The highest BCUT2D eigenvalue weighted by Gasteiger charge is 2.43. The zero-order valence-electron chi connectivity index (χ0n) is 14.8. The van der Waals surface area contributed by atoms with E-state index < -0.39 is 15.4 Å². The van der Waals surface area contributed by atoms with E-state index in [1.807, 2.05) is 12.1 Å². The normalized spacial score (nSPS) is 19.5. The number of benzene rings is 1. The van der Waals surface area contributed by atoms with Gasteiger partial charge >= 0.3 is 0 Å². The number of carbonyl (C=O) groups excluding carboxylic acids is 1. The number of methoxy groups -OCH3 is 1. The fraction of sp³-hybridized carbons (Fsp3) is 0.611. The Hall–Kier alpha value is -1.60. The Kier molecular flexibility index (Phi) is 5.06. The van der Waals surface area contributed by atoms with E-state index in [1.54, 1.807) is 12.0 Å². The summed E-state index contributed by atoms with van der Waals surface area (Å²) in [7, 11) is -1.45. The molecule has 0 radical (unpaired) electrons. The summed E-state index contributed by atoms with van der Waals surface area (Å²) in [4.78, 5) is 14.0. The Bertz CT molecular complexity index is 736. The van der Waals surface area contributed by atoms with Crippen LogP contribution in [0.2, 0.25) is 0 Å². The summed E-state index contributed by atoms with van der Waals surface area (Å²) in [6.45, 7) is 1.81. The van der Waals surface area contributed by atoms with Crippen LogP contribution >= 0.6 is 0 Å². The summed E-state index contributed by atoms with van der Waals surface area (Å²) in [5, 5.41) is 0. The molecular weight excluding hydrogens is 342 g/mol. The zero-order chi connectivity index (χ0) is 18.1. The molecule has 25 heavy (non-hydrogen) atoms. The molecule has 3 rings (SSSR count). The van der Waals surface area contributed by atoms with E-state index in [9.17, 15) is 13.2 Å². The summed E-state index contributed by atoms with van der Waals surface area (Å²) >= 11 is 0. The summed E-state index contributed by atoms with van der Waals surface area (Å²) in [6.07, 6.45) is 3.47. The molecule has 1 spiro atoms. The third-order valence-electron chi connectivity index (χ3n) is 5.15. The minimum Gasteiger partial charge on any atom is -0.496 e. The Labute approximate surface area is 149 Å². The number of rotatable bonds is 4. The number of nitrogens with zero attached hydrogens (tertiary/aromatic N) is 1. The lowest BCUT2D eigenvalue weighted by atomic mass is 9.78. The number of amides is 1. The van der Waals surface area contributed by atoms with Crippen molar-refractivity contribution in [2.24, 2.45) is 0 Å². The first-order valence-electron chi connectivity index (χ1n) is 8.60. The summed E-state index contributed by atoms with van der Waals surface area (Å²) in [5.41, 5.74) is 1.96. The lowest BCUT2D eigenvalue weighted by molar-refractivity contribution is -0.140. The van der Waals surface area contributed by atoms with Gasteiger partial charge in [-0.1, -0.05) is 12.1 Å². The van der Waals surface area contributed by atoms with E-state index in [0.717, 1.165) is 24.0 Å². The van der Waals surface area contributed by atoms with Crippen LogP contribution in [0.5, 0.6) is 5.75 Å². The second kappa shape index (κ2) is 6.96. The Morgan fingerprint density at radius 2 is 2.04 bits per heavy atom. The lowest BCUT2D eigenvalue weighted by Crippen LogP contribution is -2.48. The average molecular weight is 367 g/mol. The quantitative estimate of drug-likeness (QED) is 0.807. The van der Waals surface area contributed by atoms with E-state index in [0.29, 0.717) is 32.5 Å². The molecule has 1 amide bonds. The minimum atomic E-state index is -3.12. The molecule has 0 unspecified atom stereocenters. The van der Waals surface area contributed by atoms with Gasteiger partial charge in [-0.05, 0) is 30.9 Å². The van der Waals surface area contributed by atoms with E-state index in [-0.39, 0.29) is 18.1 Å². The molecule has 0 aliphatic carbocycles. The van der Waals surface area contributed by atoms with Crippen molar-refractivity contribution in [2.45, 2.75) is 31.3 Å². The van der Waals surface area contributed by atoms with Crippen LogP contribution in [0, 0.1) is 0 Å². The second-order valence-electron chi connectivity index (χ2n) is 6.85. The van der Waals surface area contributed by atoms with Gasteiger partial charge in [-0.3, -0.25) is 4.79 Å². The predicted molar refractivity (Wildman–Crippen MR) is 94.5 cm³/mol. The number of piperidine rings is 1. The van der Waals surface area contributed by atoms with Crippen LogP contribution in [0.4, 0.5) is 0 Å². The summed E-state index contributed by atoms with van der Waals surface area (Å²) < 4.78 is 34.3. The Balaban J connectivity index is 1.74. The van der Waals surface area contributed by atoms with Crippen LogP contribution in [-0.2, 0) is 31.4 Å². The van der Waals surface area contributed by atoms with Gasteiger partial charge in [0.15, 0.2) is 0 Å². The monoisotopic (exact) mass is 367 g/mol. The van der Waals surface area contributed by atoms with Crippen LogP contribution in [0.15, 0.2) is 18.2 Å². The molecule has 2 aliphatic rings. The number of fused-ring (bicyclic) bond motifs is 2. The van der Waals surface area contributed by atoms with E-state index in [2.05, 4.69) is 6.07 Å². The highest BCUT2D eigenvalue weighted by atomic mass is 32.2. The molecule has 1 aromatic carbocycles. The lowest BCUT2D eigenvalue weighted by Gasteiger charge is -2.45. The van der Waals surface area contributed by atoms with E-state index in [4.69, 9.17) is 9.47 Å². The molecule has 0 bridgehead atoms. The van der Waals surface area contributed by atoms with Crippen LogP contribution in [0.25, 0.3) is 0 Å². The molecular formula is C18H25NO5S. The fourth-order valence-electron chi connectivity index (χ4n) is 3.84. The van der Waals surface area contributed by atoms with Crippen LogP contribution < -0.4 is 4.74 Å². The van der Waals surface area contributed by atoms with Gasteiger partial charge in [-0.15, -0.1) is 0 Å². The minimum absolute atomic E-state index is 0.0482. The maximum absolute atomic E-state index is 12.3. The van der Waals surface area contributed by atoms with Crippen molar-refractivity contribution in [3.05, 3.63) is 29.3 Å². The predicted octanol–water partition coefficient (Wildman–Crippen LogP) is 1.52. The van der Waals surface area contributed by atoms with Crippen molar-refractivity contribution in [2.75, 3.05) is 38.8 Å². The second-order valence-corrected chi connectivity index (χ2v) is 9.11. The first kappa shape index (κ1) is 18.2. The molecule has 1 saturated heterocycles. The van der Waals surface area contributed by atoms with Crippen LogP contribution in [0.3, 0.4) is 0 Å². The SMILES string of the molecule is COc1cccc2c1C1(CCN(C(=O)CCS(C)(=O)=O)CC1)OCC2. The maximum atomic E-state index is 12.3. The first-order chi connectivity index (χ1) is 11.8. The maximum Gasteiger partial charge on any atom is 0.223 e. The molecule has 2 aliphatic heterocycles. The van der Waals surface area contributed by atoms with Crippen molar-refractivity contribution >= 4 is 15.7 Å². The van der Waals surface area contributed by atoms with Gasteiger partial charge in [-0.2, -0.15) is 0 Å². The van der Waals surface area contributed by atoms with Gasteiger partial charge in [0, 0.05) is 31.3 Å². The molecule has 1 aromatic rings. The van der Waals surface area contributed by atoms with Gasteiger partial charge in [0.25, 0.3) is 0 Å². The Morgan fingerprint density at radius 1 is 1.32 bits per heavy atom. The van der Waals surface area contributed by atoms with Crippen LogP contribution in [-0.4, -0.2) is 58.0 Å². The van der Waals surface area contributed by atoms with Crippen molar-refractivity contribution in [3.63, 3.8) is 0 Å². The summed E-state index contributed by atoms with van der Waals surface area (Å²) in [5.74, 6) is 0.645. The van der Waals surface area contributed by atoms with Gasteiger partial charge in [-0.25, -0.2) is 8.42 Å². The van der Waals surface area contributed by atoms with E-state index >= 15 is 0 Å². The topological polar surface area (TPSA) is 72.9 Å². The highest BCUT2D eigenvalue weighted by Crippen LogP contribution is 2.45. The number of sulfone groups is 1. The molecule has 138 valence electrons. The summed E-state index contributed by atoms with van der Waals surface area (Å²) in [6, 6.07) is 6.07. The van der Waals surface area contributed by atoms with Crippen LogP contribution in [0.1, 0.15) is 30.4 Å². The number of carbonyl (C=O) groups is 1. The van der Waals surface area contributed by atoms with Gasteiger partial charge < -0.3 is 14.4 Å². The van der Waals surface area contributed by atoms with Gasteiger partial charge in [0.05, 0.1) is 19.5 Å². The Morgan fingerprint density at radius 3 is 2.68 bits per heavy atom. The molecule has 7 heteroatoms. The van der Waals surface area contributed by atoms with Gasteiger partial charge in [0.1, 0.15) is 21.2 Å². The van der Waals surface area contributed by atoms with Crippen molar-refractivity contribution in [3.8, 4) is 5.75 Å². The number of hydrogen-bond donors (Lipinski definition) is 0. The zero-order valence-corrected chi connectivity index (χ0v) is 15.6. The standard InChI is InChI=1S/C18H25NO5S/c1-23-15-5-3-4-14-6-12-24-18(17(14)15)8-10-19(11-9-18)16(20)7-13-25(2,21)22/h3-5H,6-13H2,1-2H3. The van der Waals surface area contributed by atoms with Gasteiger partial charge in [0.2, 0.25) is 5.91 Å². The molecule has 1 fully saturated rings. The van der Waals surface area contributed by atoms with Crippen molar-refractivity contribution in [1.82, 2.24) is 4.90 Å². The fourth-order valence-corrected chi connectivity index (χ4v) is 4.39. The number of ether oxygens (including phenoxy) is 2. The number of hydrogen-bond acceptors (Lipinski definition) is 5. The smallest absolute Gasteiger partial charge is 0.223 e. The molecule has 0 atom stereocenters. The van der Waals surface area contributed by atoms with E-state index in [1.165, 1.54) is 5.56 Å². The number of likely N-dealkylation sites (tertiary alicyclic amines) is 1. The third kappa shape index (κ3) is 3.82. The van der Waals surface area contributed by atoms with Crippen molar-refractivity contribution in [1.29, 1.82) is 0 Å². The van der Waals surface area contributed by atoms with Crippen molar-refractivity contribution < 1.29 is 22.7 Å². The molecule has 0 saturated carbocycles. The molecule has 6 nitrogen and oxygen atoms in total. The molecule has 0 aromatic heterocycles. The average Bonchev–Trinajstić information content (AvgIpc) is 2.59. The third-order valence-corrected chi connectivity index (χ3v) is 6.09. The highest BCUT2D eigenvalue weighted by molar-refractivity contribution is 7.90. The first-order valence-corrected chi connectivity index (χ1v) is 10.7. The molecule has 0 N–H and O–H groups in total.